The fourth-order valence-corrected chi connectivity index (χ4v) is 12.7. The summed E-state index contributed by atoms with van der Waals surface area (Å²) in [4.78, 5) is 27.0. The van der Waals surface area contributed by atoms with Gasteiger partial charge in [-0.05, 0) is 105 Å². The SMILES string of the molecule is COCO[C@H](OC)O[C@H]1CCC23C[C@]24CC[C@]2(C)[C@H]5[C@H](C)C[C@H]([C@H](OC(C)=O)C(C)(C)O)O[C@@H]5C(=O)[C@@]2(C)[C@@H]4CC[C@H]3C1(C)C. The van der Waals surface area contributed by atoms with Gasteiger partial charge in [-0.1, -0.05) is 34.6 Å². The molecule has 6 fully saturated rings. The number of aliphatic hydroxyl groups is 1. The summed E-state index contributed by atoms with van der Waals surface area (Å²) < 4.78 is 35.0. The highest BCUT2D eigenvalue weighted by atomic mass is 16.9. The number of carbonyl (C=O) groups is 2. The van der Waals surface area contributed by atoms with Crippen molar-refractivity contribution < 1.29 is 43.1 Å². The summed E-state index contributed by atoms with van der Waals surface area (Å²) >= 11 is 0. The van der Waals surface area contributed by atoms with E-state index in [1.807, 2.05) is 0 Å². The second-order valence-electron chi connectivity index (χ2n) is 17.3. The van der Waals surface area contributed by atoms with Crippen LogP contribution in [-0.4, -0.2) is 74.4 Å². The van der Waals surface area contributed by atoms with Crippen LogP contribution in [0.2, 0.25) is 0 Å². The number of ether oxygens (including phenoxy) is 6. The molecule has 0 radical (unpaired) electrons. The van der Waals surface area contributed by atoms with Crippen molar-refractivity contribution in [3.05, 3.63) is 0 Å². The van der Waals surface area contributed by atoms with E-state index < -0.39 is 41.8 Å². The Balaban J connectivity index is 1.27. The number of fused-ring (bicyclic) bond motifs is 4. The molecule has 0 aromatic rings. The largest absolute Gasteiger partial charge is 0.457 e. The van der Waals surface area contributed by atoms with Gasteiger partial charge in [-0.2, -0.15) is 0 Å². The number of methoxy groups -OCH3 is 2. The molecule has 1 aliphatic heterocycles. The molecular formula is C36H58O9. The molecular weight excluding hydrogens is 576 g/mol. The second-order valence-corrected chi connectivity index (χ2v) is 17.3. The van der Waals surface area contributed by atoms with Crippen molar-refractivity contribution in [3.8, 4) is 0 Å². The lowest BCUT2D eigenvalue weighted by Gasteiger charge is -2.62. The normalized spacial score (nSPS) is 47.8. The maximum absolute atomic E-state index is 14.9. The van der Waals surface area contributed by atoms with E-state index in [2.05, 4.69) is 34.6 Å². The number of esters is 1. The van der Waals surface area contributed by atoms with Crippen LogP contribution in [0, 0.1) is 50.7 Å². The predicted molar refractivity (Wildman–Crippen MR) is 166 cm³/mol. The minimum atomic E-state index is -1.29. The summed E-state index contributed by atoms with van der Waals surface area (Å²) in [5, 5.41) is 11.0. The van der Waals surface area contributed by atoms with Crippen LogP contribution in [0.5, 0.6) is 0 Å². The van der Waals surface area contributed by atoms with Gasteiger partial charge in [0.15, 0.2) is 18.7 Å². The van der Waals surface area contributed by atoms with Crippen LogP contribution in [0.3, 0.4) is 0 Å². The van der Waals surface area contributed by atoms with E-state index in [-0.39, 0.29) is 52.2 Å². The first-order valence-electron chi connectivity index (χ1n) is 17.3. The van der Waals surface area contributed by atoms with Crippen molar-refractivity contribution in [3.63, 3.8) is 0 Å². The average Bonchev–Trinajstić information content (AvgIpc) is 3.59. The highest BCUT2D eigenvalue weighted by molar-refractivity contribution is 5.93. The molecule has 0 amide bonds. The molecule has 1 saturated heterocycles. The van der Waals surface area contributed by atoms with Gasteiger partial charge >= 0.3 is 5.97 Å². The molecule has 13 atom stereocenters. The molecule has 0 bridgehead atoms. The van der Waals surface area contributed by atoms with E-state index in [1.165, 1.54) is 13.3 Å². The Bertz CT molecular complexity index is 1180. The van der Waals surface area contributed by atoms with Crippen LogP contribution in [0.25, 0.3) is 0 Å². The first-order valence-corrected chi connectivity index (χ1v) is 17.3. The smallest absolute Gasteiger partial charge is 0.303 e. The number of rotatable bonds is 9. The molecule has 0 aromatic carbocycles. The molecule has 0 aromatic heterocycles. The van der Waals surface area contributed by atoms with Crippen LogP contribution < -0.4 is 0 Å². The summed E-state index contributed by atoms with van der Waals surface area (Å²) in [6.07, 6.45) is 6.28. The molecule has 5 saturated carbocycles. The van der Waals surface area contributed by atoms with Crippen molar-refractivity contribution >= 4 is 11.8 Å². The first kappa shape index (κ1) is 33.8. The predicted octanol–water partition coefficient (Wildman–Crippen LogP) is 5.65. The monoisotopic (exact) mass is 634 g/mol. The lowest BCUT2D eigenvalue weighted by Crippen LogP contribution is -2.59. The maximum atomic E-state index is 14.9. The van der Waals surface area contributed by atoms with Crippen molar-refractivity contribution in [2.45, 2.75) is 143 Å². The number of ketones is 1. The number of hydrogen-bond acceptors (Lipinski definition) is 9. The van der Waals surface area contributed by atoms with Crippen LogP contribution >= 0.6 is 0 Å². The Hall–Kier alpha value is -1.10. The first-order chi connectivity index (χ1) is 20.9. The Morgan fingerprint density at radius 3 is 2.33 bits per heavy atom. The molecule has 9 nitrogen and oxygen atoms in total. The topological polar surface area (TPSA) is 110 Å². The van der Waals surface area contributed by atoms with Crippen molar-refractivity contribution in [2.24, 2.45) is 50.7 Å². The highest BCUT2D eigenvalue weighted by Crippen LogP contribution is 2.89. The Morgan fingerprint density at radius 1 is 1.04 bits per heavy atom. The van der Waals surface area contributed by atoms with E-state index in [0.717, 1.165) is 38.5 Å². The quantitative estimate of drug-likeness (QED) is 0.254. The third-order valence-electron chi connectivity index (χ3n) is 14.6. The van der Waals surface area contributed by atoms with E-state index >= 15 is 0 Å². The summed E-state index contributed by atoms with van der Waals surface area (Å²) in [7, 11) is 3.19. The summed E-state index contributed by atoms with van der Waals surface area (Å²) in [6.45, 7) is 15.6. The van der Waals surface area contributed by atoms with E-state index in [9.17, 15) is 14.7 Å². The number of carbonyl (C=O) groups excluding carboxylic acids is 2. The summed E-state index contributed by atoms with van der Waals surface area (Å²) in [6, 6.07) is 0. The van der Waals surface area contributed by atoms with Crippen LogP contribution in [-0.2, 0) is 38.0 Å². The zero-order valence-electron chi connectivity index (χ0n) is 29.3. The van der Waals surface area contributed by atoms with Crippen molar-refractivity contribution in [1.82, 2.24) is 0 Å². The molecule has 2 spiro atoms. The van der Waals surface area contributed by atoms with Gasteiger partial charge in [0.05, 0.1) is 17.8 Å². The average molecular weight is 635 g/mol. The molecule has 45 heavy (non-hydrogen) atoms. The fourth-order valence-electron chi connectivity index (χ4n) is 12.7. The minimum Gasteiger partial charge on any atom is -0.457 e. The molecule has 9 heteroatoms. The maximum Gasteiger partial charge on any atom is 0.303 e. The van der Waals surface area contributed by atoms with Gasteiger partial charge in [0, 0.05) is 32.5 Å². The van der Waals surface area contributed by atoms with Gasteiger partial charge in [-0.15, -0.1) is 0 Å². The Morgan fingerprint density at radius 2 is 1.71 bits per heavy atom. The van der Waals surface area contributed by atoms with Crippen molar-refractivity contribution in [2.75, 3.05) is 21.0 Å². The van der Waals surface area contributed by atoms with Crippen LogP contribution in [0.4, 0.5) is 0 Å². The van der Waals surface area contributed by atoms with E-state index in [0.29, 0.717) is 18.3 Å². The number of hydrogen-bond donors (Lipinski definition) is 1. The van der Waals surface area contributed by atoms with Gasteiger partial charge in [0.1, 0.15) is 6.10 Å². The number of Topliss-reactive ketones (excluding diaryl/α,β-unsaturated/α-hetero) is 1. The fraction of sp³-hybridized carbons (Fsp3) is 0.944. The standard InChI is InChI=1S/C36H58O9/c1-20-17-22(29(32(5,6)39)43-21(2)37)44-27-26(20)33(7)15-16-36-18-35(36)14-13-25(45-30(41-10)42-19-40-9)31(3,4)23(35)11-12-24(36)34(33,8)28(27)38/h20,22-27,29-30,39H,11-19H2,1-10H3/t20-,22-,23+,24+,25+,26+,27+,29+,30+,33-,34-,35?,36+/m1/s1. The Labute approximate surface area is 269 Å². The molecule has 1 N–H and O–H groups in total. The van der Waals surface area contributed by atoms with E-state index in [4.69, 9.17) is 28.4 Å². The zero-order chi connectivity index (χ0) is 33.0. The minimum absolute atomic E-state index is 0.0108. The summed E-state index contributed by atoms with van der Waals surface area (Å²) in [5.74, 6) is 0.909. The zero-order valence-corrected chi connectivity index (χ0v) is 29.3. The molecule has 1 unspecified atom stereocenters. The van der Waals surface area contributed by atoms with Crippen LogP contribution in [0.1, 0.15) is 107 Å². The molecule has 5 aliphatic carbocycles. The van der Waals surface area contributed by atoms with Gasteiger partial charge in [-0.25, -0.2) is 0 Å². The highest BCUT2D eigenvalue weighted by Gasteiger charge is 2.85. The van der Waals surface area contributed by atoms with Gasteiger partial charge in [0.25, 0.3) is 6.48 Å². The Kier molecular flexibility index (Phi) is 8.23. The van der Waals surface area contributed by atoms with Gasteiger partial charge in [-0.3, -0.25) is 9.59 Å². The molecule has 6 aliphatic rings. The van der Waals surface area contributed by atoms with Gasteiger partial charge < -0.3 is 33.5 Å². The lowest BCUT2D eigenvalue weighted by molar-refractivity contribution is -0.335. The van der Waals surface area contributed by atoms with E-state index in [1.54, 1.807) is 28.1 Å². The summed E-state index contributed by atoms with van der Waals surface area (Å²) in [5.41, 5.74) is -1.62. The van der Waals surface area contributed by atoms with Crippen molar-refractivity contribution in [1.29, 1.82) is 0 Å². The molecule has 256 valence electrons. The molecule has 6 rings (SSSR count). The molecule has 1 heterocycles. The second kappa shape index (κ2) is 11.0. The third-order valence-corrected chi connectivity index (χ3v) is 14.6. The van der Waals surface area contributed by atoms with Gasteiger partial charge in [0.2, 0.25) is 0 Å². The lowest BCUT2D eigenvalue weighted by atomic mass is 9.41. The third kappa shape index (κ3) is 4.60. The van der Waals surface area contributed by atoms with Crippen LogP contribution in [0.15, 0.2) is 0 Å².